The minimum atomic E-state index is -0.249. The van der Waals surface area contributed by atoms with Gasteiger partial charge in [-0.05, 0) is 53.0 Å². The number of methoxy groups -OCH3 is 1. The van der Waals surface area contributed by atoms with Crippen LogP contribution in [0.15, 0.2) is 33.4 Å². The first-order chi connectivity index (χ1) is 9.08. The van der Waals surface area contributed by atoms with Crippen molar-refractivity contribution in [3.05, 3.63) is 51.4 Å². The summed E-state index contributed by atoms with van der Waals surface area (Å²) in [5.41, 5.74) is 6.01. The van der Waals surface area contributed by atoms with E-state index in [0.717, 1.165) is 22.6 Å². The van der Waals surface area contributed by atoms with Gasteiger partial charge in [0.25, 0.3) is 0 Å². The fourth-order valence-electron chi connectivity index (χ4n) is 2.12. The lowest BCUT2D eigenvalue weighted by Gasteiger charge is -2.19. The third-order valence-electron chi connectivity index (χ3n) is 3.27. The molecular formula is C14H17BrN2O2. The molecule has 5 heteroatoms. The maximum absolute atomic E-state index is 5.68. The summed E-state index contributed by atoms with van der Waals surface area (Å²) >= 11 is 3.30. The molecule has 0 radical (unpaired) electrons. The normalized spacial score (nSPS) is 12.5. The van der Waals surface area contributed by atoms with E-state index in [1.807, 2.05) is 25.1 Å². The van der Waals surface area contributed by atoms with Gasteiger partial charge in [0.15, 0.2) is 4.67 Å². The van der Waals surface area contributed by atoms with Gasteiger partial charge in [-0.3, -0.25) is 5.84 Å². The average Bonchev–Trinajstić information content (AvgIpc) is 2.81. The van der Waals surface area contributed by atoms with Gasteiger partial charge in [0.2, 0.25) is 0 Å². The van der Waals surface area contributed by atoms with E-state index < -0.39 is 0 Å². The molecule has 2 rings (SSSR count). The fourth-order valence-corrected chi connectivity index (χ4v) is 2.44. The van der Waals surface area contributed by atoms with Crippen LogP contribution in [0.25, 0.3) is 0 Å². The number of hydrogen-bond donors (Lipinski definition) is 2. The van der Waals surface area contributed by atoms with Crippen LogP contribution in [0.1, 0.15) is 28.5 Å². The highest BCUT2D eigenvalue weighted by Crippen LogP contribution is 2.34. The largest absolute Gasteiger partial charge is 0.496 e. The molecule has 0 saturated carbocycles. The Morgan fingerprint density at radius 1 is 1.26 bits per heavy atom. The van der Waals surface area contributed by atoms with Crippen molar-refractivity contribution in [2.75, 3.05) is 7.11 Å². The number of hydrazine groups is 1. The second-order valence-electron chi connectivity index (χ2n) is 4.37. The maximum atomic E-state index is 5.68. The van der Waals surface area contributed by atoms with E-state index in [1.165, 1.54) is 5.56 Å². The zero-order valence-electron chi connectivity index (χ0n) is 11.2. The van der Waals surface area contributed by atoms with Gasteiger partial charge in [0, 0.05) is 5.56 Å². The second-order valence-corrected chi connectivity index (χ2v) is 5.15. The van der Waals surface area contributed by atoms with Crippen LogP contribution in [-0.4, -0.2) is 7.11 Å². The zero-order valence-corrected chi connectivity index (χ0v) is 12.7. The Morgan fingerprint density at radius 2 is 2.00 bits per heavy atom. The molecule has 1 aromatic heterocycles. The first-order valence-electron chi connectivity index (χ1n) is 5.94. The molecule has 0 aliphatic carbocycles. The molecule has 0 amide bonds. The third-order valence-corrected chi connectivity index (χ3v) is 3.69. The molecule has 0 bridgehead atoms. The van der Waals surface area contributed by atoms with Crippen molar-refractivity contribution in [1.29, 1.82) is 0 Å². The van der Waals surface area contributed by atoms with Crippen molar-refractivity contribution in [3.63, 3.8) is 0 Å². The van der Waals surface area contributed by atoms with Crippen LogP contribution in [0, 0.1) is 13.8 Å². The van der Waals surface area contributed by atoms with E-state index in [-0.39, 0.29) is 6.04 Å². The van der Waals surface area contributed by atoms with Gasteiger partial charge in [0.05, 0.1) is 7.11 Å². The Bertz CT molecular complexity index is 581. The Labute approximate surface area is 121 Å². The summed E-state index contributed by atoms with van der Waals surface area (Å²) in [6, 6.07) is 7.52. The van der Waals surface area contributed by atoms with Gasteiger partial charge in [-0.15, -0.1) is 0 Å². The summed E-state index contributed by atoms with van der Waals surface area (Å²) in [6.07, 6.45) is 0. The maximum Gasteiger partial charge on any atom is 0.169 e. The number of halogens is 1. The lowest BCUT2D eigenvalue weighted by atomic mass is 9.98. The van der Waals surface area contributed by atoms with Crippen molar-refractivity contribution in [3.8, 4) is 5.75 Å². The Morgan fingerprint density at radius 3 is 2.53 bits per heavy atom. The van der Waals surface area contributed by atoms with E-state index in [1.54, 1.807) is 7.11 Å². The van der Waals surface area contributed by atoms with Crippen molar-refractivity contribution >= 4 is 15.9 Å². The zero-order chi connectivity index (χ0) is 14.0. The number of benzene rings is 1. The van der Waals surface area contributed by atoms with Crippen molar-refractivity contribution in [2.45, 2.75) is 19.9 Å². The molecular weight excluding hydrogens is 308 g/mol. The quantitative estimate of drug-likeness (QED) is 0.669. The minimum absolute atomic E-state index is 0.249. The molecule has 0 fully saturated rings. The number of ether oxygens (including phenoxy) is 1. The molecule has 2 aromatic rings. The lowest BCUT2D eigenvalue weighted by molar-refractivity contribution is 0.388. The highest BCUT2D eigenvalue weighted by molar-refractivity contribution is 9.10. The molecule has 0 spiro atoms. The molecule has 1 atom stereocenters. The lowest BCUT2D eigenvalue weighted by Crippen LogP contribution is -2.29. The number of aryl methyl sites for hydroxylation is 1. The van der Waals surface area contributed by atoms with Gasteiger partial charge >= 0.3 is 0 Å². The highest BCUT2D eigenvalue weighted by Gasteiger charge is 2.21. The van der Waals surface area contributed by atoms with Crippen LogP contribution in [0.4, 0.5) is 0 Å². The molecule has 0 aliphatic rings. The van der Waals surface area contributed by atoms with Crippen LogP contribution in [-0.2, 0) is 0 Å². The van der Waals surface area contributed by atoms with Crippen molar-refractivity contribution in [1.82, 2.24) is 5.43 Å². The minimum Gasteiger partial charge on any atom is -0.496 e. The summed E-state index contributed by atoms with van der Waals surface area (Å²) in [7, 11) is 1.66. The molecule has 3 N–H and O–H groups in total. The van der Waals surface area contributed by atoms with Crippen LogP contribution >= 0.6 is 15.9 Å². The molecule has 102 valence electrons. The monoisotopic (exact) mass is 324 g/mol. The molecule has 1 heterocycles. The Kier molecular flexibility index (Phi) is 4.29. The summed E-state index contributed by atoms with van der Waals surface area (Å²) in [5.74, 6) is 7.24. The first kappa shape index (κ1) is 14.1. The highest BCUT2D eigenvalue weighted by atomic mass is 79.9. The van der Waals surface area contributed by atoms with Gasteiger partial charge in [-0.25, -0.2) is 5.43 Å². The smallest absolute Gasteiger partial charge is 0.169 e. The van der Waals surface area contributed by atoms with Crippen LogP contribution < -0.4 is 16.0 Å². The topological polar surface area (TPSA) is 60.4 Å². The summed E-state index contributed by atoms with van der Waals surface area (Å²) in [4.78, 5) is 0. The standard InChI is InChI=1S/C14H17BrN2O2/c1-8-4-5-10(14(18-3)9(8)2)13(17-16)11-6-7-12(15)19-11/h4-7,13,17H,16H2,1-3H3. The number of hydrogen-bond acceptors (Lipinski definition) is 4. The van der Waals surface area contributed by atoms with Gasteiger partial charge in [-0.2, -0.15) is 0 Å². The van der Waals surface area contributed by atoms with Gasteiger partial charge in [0.1, 0.15) is 17.6 Å². The van der Waals surface area contributed by atoms with Crippen molar-refractivity contribution in [2.24, 2.45) is 5.84 Å². The van der Waals surface area contributed by atoms with Gasteiger partial charge < -0.3 is 9.15 Å². The predicted octanol–water partition coefficient (Wildman–Crippen LogP) is 3.22. The van der Waals surface area contributed by atoms with Crippen LogP contribution in [0.3, 0.4) is 0 Å². The van der Waals surface area contributed by atoms with Crippen LogP contribution in [0.2, 0.25) is 0 Å². The van der Waals surface area contributed by atoms with Crippen LogP contribution in [0.5, 0.6) is 5.75 Å². The first-order valence-corrected chi connectivity index (χ1v) is 6.73. The Hall–Kier alpha value is -1.30. The molecule has 1 aromatic carbocycles. The molecule has 1 unspecified atom stereocenters. The predicted molar refractivity (Wildman–Crippen MR) is 78.0 cm³/mol. The Balaban J connectivity index is 2.52. The van der Waals surface area contributed by atoms with E-state index in [9.17, 15) is 0 Å². The average molecular weight is 325 g/mol. The van der Waals surface area contributed by atoms with E-state index >= 15 is 0 Å². The van der Waals surface area contributed by atoms with Crippen molar-refractivity contribution < 1.29 is 9.15 Å². The number of furan rings is 1. The number of rotatable bonds is 4. The molecule has 0 saturated heterocycles. The summed E-state index contributed by atoms with van der Waals surface area (Å²) < 4.78 is 11.8. The van der Waals surface area contributed by atoms with Gasteiger partial charge in [-0.1, -0.05) is 12.1 Å². The molecule has 4 nitrogen and oxygen atoms in total. The SMILES string of the molecule is COc1c(C(NN)c2ccc(Br)o2)ccc(C)c1C. The molecule has 19 heavy (non-hydrogen) atoms. The van der Waals surface area contributed by atoms with E-state index in [4.69, 9.17) is 15.0 Å². The fraction of sp³-hybridized carbons (Fsp3) is 0.286. The van der Waals surface area contributed by atoms with E-state index in [0.29, 0.717) is 4.67 Å². The summed E-state index contributed by atoms with van der Waals surface area (Å²) in [5, 5.41) is 0. The molecule has 0 aliphatic heterocycles. The third kappa shape index (κ3) is 2.68. The van der Waals surface area contributed by atoms with E-state index in [2.05, 4.69) is 34.3 Å². The summed E-state index contributed by atoms with van der Waals surface area (Å²) in [6.45, 7) is 4.08. The number of nitrogens with one attached hydrogen (secondary N) is 1. The number of nitrogens with two attached hydrogens (primary N) is 1. The second kappa shape index (κ2) is 5.77.